The van der Waals surface area contributed by atoms with Crippen molar-refractivity contribution in [1.29, 1.82) is 0 Å². The molecule has 0 saturated carbocycles. The average molecular weight is 331 g/mol. The Hall–Kier alpha value is -0.770. The second-order valence-electron chi connectivity index (χ2n) is 6.34. The summed E-state index contributed by atoms with van der Waals surface area (Å²) in [5.41, 5.74) is 6.63. The standard InChI is InChI=1S/C16H23ClN2O.ClH/c1-16(2,10-12-5-3-6-13(17)9-12)15(20)19-8-4-7-14(18)11-19;/h3,5-6,9,14H,4,7-8,10-11,18H2,1-2H3;1H. The van der Waals surface area contributed by atoms with E-state index in [9.17, 15) is 4.79 Å². The predicted molar refractivity (Wildman–Crippen MR) is 90.0 cm³/mol. The number of carbonyl (C=O) groups excluding carboxylic acids is 1. The van der Waals surface area contributed by atoms with E-state index in [1.807, 2.05) is 43.0 Å². The van der Waals surface area contributed by atoms with E-state index >= 15 is 0 Å². The molecule has 1 aliphatic heterocycles. The van der Waals surface area contributed by atoms with E-state index in [4.69, 9.17) is 17.3 Å². The van der Waals surface area contributed by atoms with E-state index < -0.39 is 5.41 Å². The van der Waals surface area contributed by atoms with E-state index in [1.54, 1.807) is 0 Å². The number of benzene rings is 1. The molecular weight excluding hydrogens is 307 g/mol. The number of carbonyl (C=O) groups is 1. The molecule has 0 spiro atoms. The van der Waals surface area contributed by atoms with E-state index in [-0.39, 0.29) is 24.4 Å². The van der Waals surface area contributed by atoms with Crippen molar-refractivity contribution in [1.82, 2.24) is 4.90 Å². The van der Waals surface area contributed by atoms with Crippen molar-refractivity contribution in [3.8, 4) is 0 Å². The van der Waals surface area contributed by atoms with Gasteiger partial charge in [-0.05, 0) is 37.0 Å². The van der Waals surface area contributed by atoms with Crippen LogP contribution in [0.2, 0.25) is 5.02 Å². The second kappa shape index (κ2) is 7.48. The summed E-state index contributed by atoms with van der Waals surface area (Å²) in [4.78, 5) is 14.6. The van der Waals surface area contributed by atoms with Crippen molar-refractivity contribution in [2.24, 2.45) is 11.1 Å². The van der Waals surface area contributed by atoms with Gasteiger partial charge < -0.3 is 10.6 Å². The van der Waals surface area contributed by atoms with Gasteiger partial charge in [0.25, 0.3) is 0 Å². The average Bonchev–Trinajstić information content (AvgIpc) is 2.37. The highest BCUT2D eigenvalue weighted by Gasteiger charge is 2.34. The monoisotopic (exact) mass is 330 g/mol. The van der Waals surface area contributed by atoms with Crippen molar-refractivity contribution in [3.63, 3.8) is 0 Å². The third-order valence-corrected chi connectivity index (χ3v) is 4.09. The summed E-state index contributed by atoms with van der Waals surface area (Å²) in [6.07, 6.45) is 2.71. The van der Waals surface area contributed by atoms with Gasteiger partial charge >= 0.3 is 0 Å². The number of amides is 1. The molecule has 1 aromatic rings. The second-order valence-corrected chi connectivity index (χ2v) is 6.78. The highest BCUT2D eigenvalue weighted by Crippen LogP contribution is 2.27. The van der Waals surface area contributed by atoms with Gasteiger partial charge in [-0.25, -0.2) is 0 Å². The molecule has 3 nitrogen and oxygen atoms in total. The Balaban J connectivity index is 0.00000220. The van der Waals surface area contributed by atoms with E-state index in [0.717, 1.165) is 24.9 Å². The van der Waals surface area contributed by atoms with Gasteiger partial charge in [-0.1, -0.05) is 37.6 Å². The maximum absolute atomic E-state index is 12.7. The fourth-order valence-electron chi connectivity index (χ4n) is 2.86. The molecule has 1 aliphatic rings. The largest absolute Gasteiger partial charge is 0.341 e. The first-order valence-corrected chi connectivity index (χ1v) is 7.56. The van der Waals surface area contributed by atoms with Gasteiger partial charge in [0.05, 0.1) is 0 Å². The van der Waals surface area contributed by atoms with Crippen LogP contribution in [0.4, 0.5) is 0 Å². The molecule has 1 heterocycles. The van der Waals surface area contributed by atoms with Gasteiger partial charge in [0.1, 0.15) is 0 Å². The van der Waals surface area contributed by atoms with Crippen LogP contribution in [0.15, 0.2) is 24.3 Å². The van der Waals surface area contributed by atoms with Gasteiger partial charge in [-0.3, -0.25) is 4.79 Å². The Kier molecular flexibility index (Phi) is 6.51. The minimum absolute atomic E-state index is 0. The first kappa shape index (κ1) is 18.3. The van der Waals surface area contributed by atoms with Crippen molar-refractivity contribution >= 4 is 29.9 Å². The number of halogens is 2. The molecular formula is C16H24Cl2N2O. The van der Waals surface area contributed by atoms with Gasteiger partial charge in [0.2, 0.25) is 5.91 Å². The van der Waals surface area contributed by atoms with Crippen LogP contribution in [0.3, 0.4) is 0 Å². The van der Waals surface area contributed by atoms with E-state index in [0.29, 0.717) is 18.0 Å². The van der Waals surface area contributed by atoms with Gasteiger partial charge in [-0.15, -0.1) is 12.4 Å². The van der Waals surface area contributed by atoms with Crippen LogP contribution >= 0.6 is 24.0 Å². The highest BCUT2D eigenvalue weighted by molar-refractivity contribution is 6.30. The number of hydrogen-bond donors (Lipinski definition) is 1. The van der Waals surface area contributed by atoms with Crippen LogP contribution in [-0.4, -0.2) is 29.9 Å². The lowest BCUT2D eigenvalue weighted by molar-refractivity contribution is -0.141. The van der Waals surface area contributed by atoms with Crippen molar-refractivity contribution in [2.45, 2.75) is 39.2 Å². The molecule has 5 heteroatoms. The van der Waals surface area contributed by atoms with Crippen LogP contribution in [0, 0.1) is 5.41 Å². The Bertz CT molecular complexity index is 491. The smallest absolute Gasteiger partial charge is 0.228 e. The van der Waals surface area contributed by atoms with Crippen LogP contribution < -0.4 is 5.73 Å². The molecule has 0 bridgehead atoms. The Labute approximate surface area is 138 Å². The van der Waals surface area contributed by atoms with E-state index in [2.05, 4.69) is 0 Å². The normalized spacial score (nSPS) is 19.0. The number of nitrogens with two attached hydrogens (primary N) is 1. The van der Waals surface area contributed by atoms with Crippen LogP contribution in [0.25, 0.3) is 0 Å². The van der Waals surface area contributed by atoms with Crippen LogP contribution in [0.1, 0.15) is 32.3 Å². The minimum atomic E-state index is -0.429. The predicted octanol–water partition coefficient (Wildman–Crippen LogP) is 3.28. The molecule has 0 aliphatic carbocycles. The molecule has 1 saturated heterocycles. The third-order valence-electron chi connectivity index (χ3n) is 3.86. The summed E-state index contributed by atoms with van der Waals surface area (Å²) >= 11 is 6.01. The fourth-order valence-corrected chi connectivity index (χ4v) is 3.07. The topological polar surface area (TPSA) is 46.3 Å². The van der Waals surface area contributed by atoms with Crippen molar-refractivity contribution in [3.05, 3.63) is 34.9 Å². The number of rotatable bonds is 3. The van der Waals surface area contributed by atoms with Crippen LogP contribution in [-0.2, 0) is 11.2 Å². The zero-order valence-electron chi connectivity index (χ0n) is 12.6. The lowest BCUT2D eigenvalue weighted by atomic mass is 9.83. The highest BCUT2D eigenvalue weighted by atomic mass is 35.5. The maximum atomic E-state index is 12.7. The van der Waals surface area contributed by atoms with Gasteiger partial charge in [0.15, 0.2) is 0 Å². The SMILES string of the molecule is CC(C)(Cc1cccc(Cl)c1)C(=O)N1CCCC(N)C1.Cl. The number of piperidine rings is 1. The zero-order chi connectivity index (χ0) is 14.8. The summed E-state index contributed by atoms with van der Waals surface area (Å²) in [5, 5.41) is 0.714. The summed E-state index contributed by atoms with van der Waals surface area (Å²) in [6, 6.07) is 7.84. The minimum Gasteiger partial charge on any atom is -0.341 e. The quantitative estimate of drug-likeness (QED) is 0.924. The van der Waals surface area contributed by atoms with Gasteiger partial charge in [0, 0.05) is 29.6 Å². The molecule has 0 aromatic heterocycles. The van der Waals surface area contributed by atoms with Gasteiger partial charge in [-0.2, -0.15) is 0 Å². The maximum Gasteiger partial charge on any atom is 0.228 e. The summed E-state index contributed by atoms with van der Waals surface area (Å²) in [5.74, 6) is 0.188. The lowest BCUT2D eigenvalue weighted by Gasteiger charge is -2.36. The molecule has 118 valence electrons. The first-order chi connectivity index (χ1) is 9.38. The molecule has 1 fully saturated rings. The molecule has 1 unspecified atom stereocenters. The number of hydrogen-bond acceptors (Lipinski definition) is 2. The zero-order valence-corrected chi connectivity index (χ0v) is 14.2. The fraction of sp³-hybridized carbons (Fsp3) is 0.562. The Morgan fingerprint density at radius 1 is 1.48 bits per heavy atom. The number of nitrogens with zero attached hydrogens (tertiary/aromatic N) is 1. The number of likely N-dealkylation sites (tertiary alicyclic amines) is 1. The molecule has 21 heavy (non-hydrogen) atoms. The summed E-state index contributed by atoms with van der Waals surface area (Å²) < 4.78 is 0. The van der Waals surface area contributed by atoms with Crippen molar-refractivity contribution in [2.75, 3.05) is 13.1 Å². The van der Waals surface area contributed by atoms with Crippen LogP contribution in [0.5, 0.6) is 0 Å². The molecule has 2 N–H and O–H groups in total. The summed E-state index contributed by atoms with van der Waals surface area (Å²) in [7, 11) is 0. The lowest BCUT2D eigenvalue weighted by Crippen LogP contribution is -2.50. The Morgan fingerprint density at radius 3 is 2.81 bits per heavy atom. The molecule has 2 rings (SSSR count). The Morgan fingerprint density at radius 2 is 2.19 bits per heavy atom. The molecule has 0 radical (unpaired) electrons. The van der Waals surface area contributed by atoms with Crippen molar-refractivity contribution < 1.29 is 4.79 Å². The van der Waals surface area contributed by atoms with E-state index in [1.165, 1.54) is 0 Å². The first-order valence-electron chi connectivity index (χ1n) is 7.18. The summed E-state index contributed by atoms with van der Waals surface area (Å²) in [6.45, 7) is 5.50. The molecule has 1 amide bonds. The third kappa shape index (κ3) is 4.87. The molecule has 1 aromatic carbocycles. The molecule has 1 atom stereocenters.